The van der Waals surface area contributed by atoms with E-state index in [0.29, 0.717) is 0 Å². The minimum atomic E-state index is 0.873. The average Bonchev–Trinajstić information content (AvgIpc) is 2.29. The predicted molar refractivity (Wildman–Crippen MR) is 68.7 cm³/mol. The Kier molecular flexibility index (Phi) is 5.84. The van der Waals surface area contributed by atoms with Gasteiger partial charge in [0.1, 0.15) is 0 Å². The number of benzene rings is 1. The molecule has 0 unspecified atom stereocenters. The standard InChI is InChI=1S/C15H21/c1-3-5-6-7-8-10-15-12-9-11-14(4-2)13-15/h8-13H,2-7H2,1H3. The quantitative estimate of drug-likeness (QED) is 0.587. The number of allylic oxidation sites excluding steroid dienone is 1. The summed E-state index contributed by atoms with van der Waals surface area (Å²) in [5.74, 6) is 0. The van der Waals surface area contributed by atoms with Crippen LogP contribution in [0.5, 0.6) is 0 Å². The highest BCUT2D eigenvalue weighted by atomic mass is 14.0. The highest BCUT2D eigenvalue weighted by molar-refractivity contribution is 5.50. The van der Waals surface area contributed by atoms with Crippen molar-refractivity contribution in [2.45, 2.75) is 39.0 Å². The summed E-state index contributed by atoms with van der Waals surface area (Å²) in [5.41, 5.74) is 2.61. The van der Waals surface area contributed by atoms with Gasteiger partial charge in [0.15, 0.2) is 0 Å². The summed E-state index contributed by atoms with van der Waals surface area (Å²) in [5, 5.41) is 0. The van der Waals surface area contributed by atoms with Crippen LogP contribution in [-0.2, 0) is 6.42 Å². The molecule has 0 spiro atoms. The fourth-order valence-electron chi connectivity index (χ4n) is 1.58. The maximum absolute atomic E-state index is 3.89. The van der Waals surface area contributed by atoms with Crippen LogP contribution >= 0.6 is 0 Å². The fraction of sp³-hybridized carbons (Fsp3) is 0.400. The van der Waals surface area contributed by atoms with Gasteiger partial charge in [-0.05, 0) is 37.3 Å². The van der Waals surface area contributed by atoms with E-state index >= 15 is 0 Å². The Bertz CT molecular complexity index is 297. The molecule has 0 amide bonds. The zero-order valence-corrected chi connectivity index (χ0v) is 9.71. The second-order valence-electron chi connectivity index (χ2n) is 3.89. The summed E-state index contributed by atoms with van der Waals surface area (Å²) in [6.07, 6.45) is 10.5. The molecule has 0 aromatic heterocycles. The first kappa shape index (κ1) is 12.0. The molecule has 0 aliphatic heterocycles. The highest BCUT2D eigenvalue weighted by Gasteiger charge is 1.90. The van der Waals surface area contributed by atoms with Crippen LogP contribution in [0.15, 0.2) is 30.3 Å². The van der Waals surface area contributed by atoms with Gasteiger partial charge in [0.05, 0.1) is 0 Å². The Hall–Kier alpha value is -1.04. The minimum Gasteiger partial charge on any atom is -0.0839 e. The Morgan fingerprint density at radius 2 is 2.13 bits per heavy atom. The number of rotatable bonds is 6. The highest BCUT2D eigenvalue weighted by Crippen LogP contribution is 2.09. The Labute approximate surface area is 94.0 Å². The largest absolute Gasteiger partial charge is 0.0839 e. The molecule has 0 N–H and O–H groups in total. The third-order valence-corrected chi connectivity index (χ3v) is 2.52. The summed E-state index contributed by atoms with van der Waals surface area (Å²) in [7, 11) is 0. The van der Waals surface area contributed by atoms with Crippen molar-refractivity contribution < 1.29 is 0 Å². The van der Waals surface area contributed by atoms with Crippen molar-refractivity contribution in [2.24, 2.45) is 0 Å². The average molecular weight is 201 g/mol. The monoisotopic (exact) mass is 201 g/mol. The Morgan fingerprint density at radius 1 is 1.27 bits per heavy atom. The molecule has 0 aliphatic carbocycles. The van der Waals surface area contributed by atoms with Crippen LogP contribution < -0.4 is 0 Å². The normalized spacial score (nSPS) is 11.1. The molecule has 0 heterocycles. The van der Waals surface area contributed by atoms with Gasteiger partial charge < -0.3 is 0 Å². The van der Waals surface area contributed by atoms with Crippen LogP contribution in [0.4, 0.5) is 0 Å². The molecule has 0 nitrogen and oxygen atoms in total. The molecule has 0 bridgehead atoms. The van der Waals surface area contributed by atoms with Gasteiger partial charge >= 0.3 is 0 Å². The molecular weight excluding hydrogens is 180 g/mol. The van der Waals surface area contributed by atoms with Gasteiger partial charge in [0, 0.05) is 0 Å². The van der Waals surface area contributed by atoms with Gasteiger partial charge in [0.25, 0.3) is 0 Å². The van der Waals surface area contributed by atoms with Gasteiger partial charge in [0.2, 0.25) is 0 Å². The van der Waals surface area contributed by atoms with Crippen molar-refractivity contribution >= 4 is 6.08 Å². The van der Waals surface area contributed by atoms with Gasteiger partial charge in [-0.1, -0.05) is 56.2 Å². The molecule has 1 aromatic carbocycles. The molecule has 1 radical (unpaired) electrons. The molecule has 1 aromatic rings. The van der Waals surface area contributed by atoms with Crippen LogP contribution in [0.1, 0.15) is 43.7 Å². The summed E-state index contributed by atoms with van der Waals surface area (Å²) < 4.78 is 0. The van der Waals surface area contributed by atoms with Crippen LogP contribution in [-0.4, -0.2) is 0 Å². The zero-order valence-electron chi connectivity index (χ0n) is 9.71. The molecule has 0 fully saturated rings. The molecular formula is C15H21. The summed E-state index contributed by atoms with van der Waals surface area (Å²) in [6, 6.07) is 8.59. The van der Waals surface area contributed by atoms with Crippen molar-refractivity contribution in [1.29, 1.82) is 0 Å². The number of unbranched alkanes of at least 4 members (excludes halogenated alkanes) is 3. The summed E-state index contributed by atoms with van der Waals surface area (Å²) >= 11 is 0. The summed E-state index contributed by atoms with van der Waals surface area (Å²) in [6.45, 7) is 6.13. The van der Waals surface area contributed by atoms with E-state index in [1.807, 2.05) is 0 Å². The van der Waals surface area contributed by atoms with Crippen LogP contribution in [0, 0.1) is 6.92 Å². The molecule has 1 rings (SSSR count). The van der Waals surface area contributed by atoms with E-state index in [2.05, 4.69) is 50.3 Å². The first-order valence-electron chi connectivity index (χ1n) is 5.91. The third kappa shape index (κ3) is 4.83. The maximum atomic E-state index is 3.89. The van der Waals surface area contributed by atoms with Crippen molar-refractivity contribution in [3.63, 3.8) is 0 Å². The molecule has 0 atom stereocenters. The van der Waals surface area contributed by atoms with Gasteiger partial charge in [-0.2, -0.15) is 0 Å². The first-order chi connectivity index (χ1) is 7.36. The topological polar surface area (TPSA) is 0 Å². The lowest BCUT2D eigenvalue weighted by Crippen LogP contribution is -1.80. The number of hydrogen-bond acceptors (Lipinski definition) is 0. The Balaban J connectivity index is 2.41. The molecule has 0 saturated heterocycles. The second kappa shape index (κ2) is 7.28. The van der Waals surface area contributed by atoms with E-state index < -0.39 is 0 Å². The molecule has 15 heavy (non-hydrogen) atoms. The third-order valence-electron chi connectivity index (χ3n) is 2.52. The zero-order chi connectivity index (χ0) is 10.9. The van der Waals surface area contributed by atoms with Crippen molar-refractivity contribution in [3.8, 4) is 0 Å². The molecule has 0 saturated carbocycles. The minimum absolute atomic E-state index is 0.873. The molecule has 0 heteroatoms. The number of hydrogen-bond donors (Lipinski definition) is 0. The lowest BCUT2D eigenvalue weighted by Gasteiger charge is -1.98. The maximum Gasteiger partial charge on any atom is -0.0257 e. The summed E-state index contributed by atoms with van der Waals surface area (Å²) in [4.78, 5) is 0. The van der Waals surface area contributed by atoms with Crippen molar-refractivity contribution in [3.05, 3.63) is 48.4 Å². The van der Waals surface area contributed by atoms with E-state index in [0.717, 1.165) is 6.42 Å². The lowest BCUT2D eigenvalue weighted by molar-refractivity contribution is 0.730. The first-order valence-corrected chi connectivity index (χ1v) is 5.91. The van der Waals surface area contributed by atoms with Gasteiger partial charge in [-0.25, -0.2) is 0 Å². The molecule has 81 valence electrons. The van der Waals surface area contributed by atoms with Crippen LogP contribution in [0.25, 0.3) is 6.08 Å². The van der Waals surface area contributed by atoms with Crippen LogP contribution in [0.2, 0.25) is 0 Å². The van der Waals surface area contributed by atoms with Gasteiger partial charge in [-0.15, -0.1) is 0 Å². The van der Waals surface area contributed by atoms with E-state index in [4.69, 9.17) is 0 Å². The molecule has 0 aliphatic rings. The van der Waals surface area contributed by atoms with Crippen LogP contribution in [0.3, 0.4) is 0 Å². The second-order valence-corrected chi connectivity index (χ2v) is 3.89. The SMILES string of the molecule is [CH2]Cc1cccc(C=CCCCCC)c1. The van der Waals surface area contributed by atoms with E-state index in [-0.39, 0.29) is 0 Å². The van der Waals surface area contributed by atoms with Crippen molar-refractivity contribution in [2.75, 3.05) is 0 Å². The fourth-order valence-corrected chi connectivity index (χ4v) is 1.58. The predicted octanol–water partition coefficient (Wildman–Crippen LogP) is 4.66. The van der Waals surface area contributed by atoms with Gasteiger partial charge in [-0.3, -0.25) is 0 Å². The lowest BCUT2D eigenvalue weighted by atomic mass is 10.1. The van der Waals surface area contributed by atoms with E-state index in [1.165, 1.54) is 36.8 Å². The smallest absolute Gasteiger partial charge is 0.0257 e. The van der Waals surface area contributed by atoms with E-state index in [1.54, 1.807) is 0 Å². The Morgan fingerprint density at radius 3 is 2.87 bits per heavy atom. The van der Waals surface area contributed by atoms with Crippen molar-refractivity contribution in [1.82, 2.24) is 0 Å². The van der Waals surface area contributed by atoms with E-state index in [9.17, 15) is 0 Å².